The van der Waals surface area contributed by atoms with Crippen molar-refractivity contribution in [1.82, 2.24) is 4.98 Å². The Hall–Kier alpha value is -0.410. The first-order chi connectivity index (χ1) is 7.92. The zero-order chi connectivity index (χ0) is 12.5. The Morgan fingerprint density at radius 3 is 2.82 bits per heavy atom. The topological polar surface area (TPSA) is 38.9 Å². The van der Waals surface area contributed by atoms with Crippen LogP contribution in [0.1, 0.15) is 51.3 Å². The van der Waals surface area contributed by atoms with E-state index in [0.717, 1.165) is 12.8 Å². The van der Waals surface area contributed by atoms with Crippen LogP contribution in [-0.2, 0) is 6.42 Å². The maximum absolute atomic E-state index is 6.76. The minimum absolute atomic E-state index is 0.0248. The number of rotatable bonds is 2. The van der Waals surface area contributed by atoms with E-state index in [1.807, 2.05) is 11.7 Å². The Balaban J connectivity index is 2.19. The summed E-state index contributed by atoms with van der Waals surface area (Å²) in [6.07, 6.45) is 8.03. The first-order valence-electron chi connectivity index (χ1n) is 6.58. The summed E-state index contributed by atoms with van der Waals surface area (Å²) in [4.78, 5) is 5.51. The van der Waals surface area contributed by atoms with E-state index in [1.54, 1.807) is 11.3 Å². The van der Waals surface area contributed by atoms with Gasteiger partial charge < -0.3 is 5.73 Å². The van der Waals surface area contributed by atoms with Gasteiger partial charge in [-0.15, -0.1) is 11.3 Å². The number of nitrogens with zero attached hydrogens (tertiary/aromatic N) is 1. The Morgan fingerprint density at radius 2 is 2.24 bits per heavy atom. The lowest BCUT2D eigenvalue weighted by Crippen LogP contribution is -2.55. The standard InChI is InChI=1S/C14H24N2S/c1-13(2,3)12-6-4-5-7-14(12,15)8-11-9-16-10-17-11/h9-10,12H,4-8,15H2,1-3H3. The van der Waals surface area contributed by atoms with Crippen molar-refractivity contribution in [3.63, 3.8) is 0 Å². The molecule has 1 aromatic rings. The first kappa shape index (κ1) is 13.0. The molecule has 0 bridgehead atoms. The van der Waals surface area contributed by atoms with Crippen LogP contribution in [0.4, 0.5) is 0 Å². The molecule has 0 aromatic carbocycles. The molecule has 0 saturated heterocycles. The van der Waals surface area contributed by atoms with Crippen LogP contribution in [0, 0.1) is 11.3 Å². The summed E-state index contributed by atoms with van der Waals surface area (Å²) in [6, 6.07) is 0. The Kier molecular flexibility index (Phi) is 3.60. The van der Waals surface area contributed by atoms with Gasteiger partial charge in [0.05, 0.1) is 5.51 Å². The fourth-order valence-electron chi connectivity index (χ4n) is 3.43. The number of nitrogens with two attached hydrogens (primary N) is 1. The Labute approximate surface area is 109 Å². The minimum atomic E-state index is -0.0248. The van der Waals surface area contributed by atoms with Gasteiger partial charge in [-0.2, -0.15) is 0 Å². The van der Waals surface area contributed by atoms with Crippen LogP contribution in [-0.4, -0.2) is 10.5 Å². The minimum Gasteiger partial charge on any atom is -0.325 e. The monoisotopic (exact) mass is 252 g/mol. The molecule has 96 valence electrons. The molecule has 1 heterocycles. The number of thiazole rings is 1. The highest BCUT2D eigenvalue weighted by atomic mass is 32.1. The SMILES string of the molecule is CC(C)(C)C1CCCCC1(N)Cc1cncs1. The van der Waals surface area contributed by atoms with E-state index in [4.69, 9.17) is 5.73 Å². The van der Waals surface area contributed by atoms with Crippen LogP contribution in [0.25, 0.3) is 0 Å². The van der Waals surface area contributed by atoms with Crippen molar-refractivity contribution in [2.75, 3.05) is 0 Å². The third-order valence-electron chi connectivity index (χ3n) is 4.11. The molecule has 1 aliphatic carbocycles. The van der Waals surface area contributed by atoms with Crippen molar-refractivity contribution in [1.29, 1.82) is 0 Å². The highest BCUT2D eigenvalue weighted by Gasteiger charge is 2.43. The summed E-state index contributed by atoms with van der Waals surface area (Å²) in [6.45, 7) is 6.99. The molecular formula is C14H24N2S. The molecule has 2 rings (SSSR count). The van der Waals surface area contributed by atoms with Crippen LogP contribution in [0.15, 0.2) is 11.7 Å². The van der Waals surface area contributed by atoms with Crippen LogP contribution in [0.3, 0.4) is 0 Å². The van der Waals surface area contributed by atoms with Gasteiger partial charge in [-0.3, -0.25) is 4.98 Å². The zero-order valence-electron chi connectivity index (χ0n) is 11.2. The molecule has 1 aromatic heterocycles. The molecule has 1 saturated carbocycles. The number of aromatic nitrogens is 1. The molecule has 2 atom stereocenters. The summed E-state index contributed by atoms with van der Waals surface area (Å²) in [5.41, 5.74) is 8.95. The predicted molar refractivity (Wildman–Crippen MR) is 74.1 cm³/mol. The first-order valence-corrected chi connectivity index (χ1v) is 7.46. The third-order valence-corrected chi connectivity index (χ3v) is 4.89. The van der Waals surface area contributed by atoms with E-state index in [9.17, 15) is 0 Å². The van der Waals surface area contributed by atoms with E-state index in [2.05, 4.69) is 25.8 Å². The average molecular weight is 252 g/mol. The zero-order valence-corrected chi connectivity index (χ0v) is 12.0. The molecule has 1 fully saturated rings. The second-order valence-corrected chi connectivity index (χ2v) is 7.51. The smallest absolute Gasteiger partial charge is 0.0794 e. The van der Waals surface area contributed by atoms with E-state index >= 15 is 0 Å². The molecule has 2 nitrogen and oxygen atoms in total. The van der Waals surface area contributed by atoms with E-state index < -0.39 is 0 Å². The van der Waals surface area contributed by atoms with Gasteiger partial charge in [0.15, 0.2) is 0 Å². The van der Waals surface area contributed by atoms with Crippen LogP contribution in [0.2, 0.25) is 0 Å². The third kappa shape index (κ3) is 2.89. The van der Waals surface area contributed by atoms with E-state index in [-0.39, 0.29) is 5.54 Å². The van der Waals surface area contributed by atoms with Gasteiger partial charge in [0.25, 0.3) is 0 Å². The van der Waals surface area contributed by atoms with Crippen molar-refractivity contribution in [3.05, 3.63) is 16.6 Å². The van der Waals surface area contributed by atoms with Gasteiger partial charge in [-0.05, 0) is 24.2 Å². The molecular weight excluding hydrogens is 228 g/mol. The normalized spacial score (nSPS) is 30.5. The van der Waals surface area contributed by atoms with Gasteiger partial charge in [0.1, 0.15) is 0 Å². The highest BCUT2D eigenvalue weighted by molar-refractivity contribution is 7.09. The van der Waals surface area contributed by atoms with E-state index in [1.165, 1.54) is 24.1 Å². The molecule has 0 aliphatic heterocycles. The van der Waals surface area contributed by atoms with Gasteiger partial charge in [-0.1, -0.05) is 33.6 Å². The van der Waals surface area contributed by atoms with Gasteiger partial charge in [0.2, 0.25) is 0 Å². The second kappa shape index (κ2) is 4.69. The summed E-state index contributed by atoms with van der Waals surface area (Å²) in [5, 5.41) is 0. The van der Waals surface area contributed by atoms with Crippen LogP contribution in [0.5, 0.6) is 0 Å². The molecule has 3 heteroatoms. The lowest BCUT2D eigenvalue weighted by atomic mass is 9.61. The number of hydrogen-bond acceptors (Lipinski definition) is 3. The highest BCUT2D eigenvalue weighted by Crippen LogP contribution is 2.44. The second-order valence-electron chi connectivity index (χ2n) is 6.54. The number of hydrogen-bond donors (Lipinski definition) is 1. The van der Waals surface area contributed by atoms with Crippen molar-refractivity contribution >= 4 is 11.3 Å². The fourth-order valence-corrected chi connectivity index (χ4v) is 4.16. The molecule has 2 unspecified atom stereocenters. The van der Waals surface area contributed by atoms with E-state index in [0.29, 0.717) is 11.3 Å². The average Bonchev–Trinajstić information content (AvgIpc) is 2.68. The van der Waals surface area contributed by atoms with Crippen molar-refractivity contribution in [2.45, 2.75) is 58.4 Å². The van der Waals surface area contributed by atoms with Crippen LogP contribution >= 0.6 is 11.3 Å². The van der Waals surface area contributed by atoms with Crippen LogP contribution < -0.4 is 5.73 Å². The molecule has 1 aliphatic rings. The van der Waals surface area contributed by atoms with Crippen molar-refractivity contribution in [2.24, 2.45) is 17.1 Å². The quantitative estimate of drug-likeness (QED) is 0.873. The summed E-state index contributed by atoms with van der Waals surface area (Å²) < 4.78 is 0. The maximum atomic E-state index is 6.76. The lowest BCUT2D eigenvalue weighted by Gasteiger charge is -2.48. The largest absolute Gasteiger partial charge is 0.325 e. The lowest BCUT2D eigenvalue weighted by molar-refractivity contribution is 0.0798. The van der Waals surface area contributed by atoms with Gasteiger partial charge in [0, 0.05) is 23.0 Å². The summed E-state index contributed by atoms with van der Waals surface area (Å²) in [7, 11) is 0. The van der Waals surface area contributed by atoms with Crippen molar-refractivity contribution < 1.29 is 0 Å². The summed E-state index contributed by atoms with van der Waals surface area (Å²) in [5.74, 6) is 0.617. The summed E-state index contributed by atoms with van der Waals surface area (Å²) >= 11 is 1.74. The maximum Gasteiger partial charge on any atom is 0.0794 e. The van der Waals surface area contributed by atoms with Gasteiger partial charge >= 0.3 is 0 Å². The molecule has 17 heavy (non-hydrogen) atoms. The predicted octanol–water partition coefficient (Wildman–Crippen LogP) is 3.62. The fraction of sp³-hybridized carbons (Fsp3) is 0.786. The molecule has 0 spiro atoms. The molecule has 0 amide bonds. The van der Waals surface area contributed by atoms with Gasteiger partial charge in [-0.25, -0.2) is 0 Å². The Bertz CT molecular complexity index is 353. The molecule has 0 radical (unpaired) electrons. The molecule has 2 N–H and O–H groups in total. The van der Waals surface area contributed by atoms with Crippen molar-refractivity contribution in [3.8, 4) is 0 Å². The Morgan fingerprint density at radius 1 is 1.47 bits per heavy atom.